The number of aromatic nitrogens is 5. The SMILES string of the molecule is C[C@@]12C[C@@H](C(=O)Nc3cncc(Br)n3)N(C(=O)Cn3c4ccc(C(F)(F)F)cc4c4c(N)ncnc43)[C@@H]1C2. The number of piperidine rings is 1. The number of nitrogens with one attached hydrogen (secondary N) is 1. The maximum Gasteiger partial charge on any atom is 0.416 e. The molecule has 1 saturated carbocycles. The van der Waals surface area contributed by atoms with Crippen LogP contribution in [0.1, 0.15) is 25.3 Å². The first kappa shape index (κ1) is 24.5. The van der Waals surface area contributed by atoms with Gasteiger partial charge in [-0.2, -0.15) is 13.2 Å². The van der Waals surface area contributed by atoms with Crippen LogP contribution >= 0.6 is 15.9 Å². The number of halogens is 4. The molecule has 14 heteroatoms. The molecule has 3 N–H and O–H groups in total. The van der Waals surface area contributed by atoms with Gasteiger partial charge in [0.15, 0.2) is 5.82 Å². The van der Waals surface area contributed by atoms with E-state index in [9.17, 15) is 22.8 Å². The second kappa shape index (κ2) is 8.35. The van der Waals surface area contributed by atoms with Crippen molar-refractivity contribution in [3.05, 3.63) is 47.1 Å². The number of hydrogen-bond donors (Lipinski definition) is 2. The normalized spacial score (nSPS) is 22.6. The fraction of sp³-hybridized carbons (Fsp3) is 0.333. The molecule has 1 aromatic carbocycles. The molecule has 4 heterocycles. The Hall–Kier alpha value is -3.81. The zero-order valence-corrected chi connectivity index (χ0v) is 21.4. The summed E-state index contributed by atoms with van der Waals surface area (Å²) in [6.45, 7) is 1.78. The van der Waals surface area contributed by atoms with Gasteiger partial charge in [-0.15, -0.1) is 0 Å². The Balaban J connectivity index is 1.36. The standard InChI is InChI=1S/C24H20BrF3N8O2/c1-23-5-14(22(38)34-17-8-30-7-16(25)33-17)36(15(23)6-23)18(37)9-35-13-3-2-11(24(26,27)28)4-12(13)19-20(29)31-10-32-21(19)35/h2-4,7-8,10,14-15H,5-6,9H2,1H3,(H2,29,31,32)(H,33,34,38)/t14-,15+,23-/m0/s1. The zero-order valence-electron chi connectivity index (χ0n) is 19.8. The third-order valence-electron chi connectivity index (χ3n) is 7.37. The first-order valence-electron chi connectivity index (χ1n) is 11.7. The average Bonchev–Trinajstić information content (AvgIpc) is 3.25. The van der Waals surface area contributed by atoms with Crippen LogP contribution in [0.15, 0.2) is 41.5 Å². The van der Waals surface area contributed by atoms with Crippen LogP contribution in [0.2, 0.25) is 0 Å². The van der Waals surface area contributed by atoms with Gasteiger partial charge in [0.25, 0.3) is 0 Å². The van der Waals surface area contributed by atoms with E-state index in [-0.39, 0.29) is 57.9 Å². The summed E-state index contributed by atoms with van der Waals surface area (Å²) in [6, 6.07) is 2.38. The van der Waals surface area contributed by atoms with Crippen molar-refractivity contribution in [1.82, 2.24) is 29.4 Å². The monoisotopic (exact) mass is 588 g/mol. The minimum absolute atomic E-state index is 0.00819. The van der Waals surface area contributed by atoms with E-state index in [1.54, 1.807) is 4.90 Å². The smallest absolute Gasteiger partial charge is 0.383 e. The molecule has 38 heavy (non-hydrogen) atoms. The molecular formula is C24H20BrF3N8O2. The maximum atomic E-state index is 13.7. The highest BCUT2D eigenvalue weighted by molar-refractivity contribution is 9.10. The number of benzene rings is 1. The number of fused-ring (bicyclic) bond motifs is 4. The van der Waals surface area contributed by atoms with Crippen molar-refractivity contribution >= 4 is 61.3 Å². The lowest BCUT2D eigenvalue weighted by Gasteiger charge is -2.27. The molecule has 2 fully saturated rings. The molecule has 0 spiro atoms. The number of nitrogen functional groups attached to an aromatic ring is 1. The Morgan fingerprint density at radius 2 is 2.03 bits per heavy atom. The van der Waals surface area contributed by atoms with Crippen molar-refractivity contribution < 1.29 is 22.8 Å². The Bertz CT molecular complexity index is 1640. The number of likely N-dealkylation sites (tertiary alicyclic amines) is 1. The summed E-state index contributed by atoms with van der Waals surface area (Å²) >= 11 is 3.21. The van der Waals surface area contributed by atoms with Gasteiger partial charge in [0.05, 0.1) is 28.9 Å². The number of alkyl halides is 3. The van der Waals surface area contributed by atoms with Crippen molar-refractivity contribution in [2.45, 2.75) is 44.6 Å². The number of rotatable bonds is 4. The van der Waals surface area contributed by atoms with E-state index < -0.39 is 17.8 Å². The Morgan fingerprint density at radius 1 is 1.24 bits per heavy atom. The molecule has 0 unspecified atom stereocenters. The topological polar surface area (TPSA) is 132 Å². The van der Waals surface area contributed by atoms with E-state index in [2.05, 4.69) is 41.2 Å². The summed E-state index contributed by atoms with van der Waals surface area (Å²) in [4.78, 5) is 44.9. The number of hydrogen-bond acceptors (Lipinski definition) is 7. The number of anilines is 2. The van der Waals surface area contributed by atoms with E-state index in [1.165, 1.54) is 29.4 Å². The van der Waals surface area contributed by atoms with Crippen LogP contribution in [0.4, 0.5) is 24.8 Å². The highest BCUT2D eigenvalue weighted by atomic mass is 79.9. The number of nitrogens with zero attached hydrogens (tertiary/aromatic N) is 6. The molecule has 4 aromatic rings. The third kappa shape index (κ3) is 3.94. The summed E-state index contributed by atoms with van der Waals surface area (Å²) in [5.41, 5.74) is 5.60. The molecule has 6 rings (SSSR count). The highest BCUT2D eigenvalue weighted by Crippen LogP contribution is 2.59. The van der Waals surface area contributed by atoms with Crippen molar-refractivity contribution in [3.8, 4) is 0 Å². The lowest BCUT2D eigenvalue weighted by atomic mass is 10.0. The van der Waals surface area contributed by atoms with Gasteiger partial charge in [-0.05, 0) is 52.4 Å². The molecule has 1 saturated heterocycles. The van der Waals surface area contributed by atoms with E-state index in [0.717, 1.165) is 18.6 Å². The molecule has 0 bridgehead atoms. The summed E-state index contributed by atoms with van der Waals surface area (Å²) in [5.74, 6) is -0.484. The van der Waals surface area contributed by atoms with Gasteiger partial charge in [-0.3, -0.25) is 14.6 Å². The van der Waals surface area contributed by atoms with Crippen molar-refractivity contribution in [1.29, 1.82) is 0 Å². The van der Waals surface area contributed by atoms with Gasteiger partial charge in [0, 0.05) is 11.4 Å². The zero-order chi connectivity index (χ0) is 27.0. The van der Waals surface area contributed by atoms with Gasteiger partial charge >= 0.3 is 6.18 Å². The predicted molar refractivity (Wildman–Crippen MR) is 135 cm³/mol. The average molecular weight is 589 g/mol. The van der Waals surface area contributed by atoms with Crippen LogP contribution in [0.3, 0.4) is 0 Å². The Morgan fingerprint density at radius 3 is 2.76 bits per heavy atom. The van der Waals surface area contributed by atoms with Gasteiger partial charge in [-0.25, -0.2) is 15.0 Å². The molecule has 2 aliphatic rings. The number of carbonyl (C=O) groups is 2. The van der Waals surface area contributed by atoms with Gasteiger partial charge in [-0.1, -0.05) is 6.92 Å². The van der Waals surface area contributed by atoms with Crippen molar-refractivity contribution in [2.24, 2.45) is 5.41 Å². The molecule has 3 atom stereocenters. The van der Waals surface area contributed by atoms with Crippen LogP contribution in [0, 0.1) is 5.41 Å². The van der Waals surface area contributed by atoms with E-state index >= 15 is 0 Å². The first-order valence-corrected chi connectivity index (χ1v) is 12.4. The summed E-state index contributed by atoms with van der Waals surface area (Å²) in [7, 11) is 0. The van der Waals surface area contributed by atoms with Crippen LogP contribution in [-0.4, -0.2) is 53.3 Å². The van der Waals surface area contributed by atoms with E-state index in [4.69, 9.17) is 5.73 Å². The lowest BCUT2D eigenvalue weighted by molar-refractivity contribution is -0.138. The number of amides is 2. The van der Waals surface area contributed by atoms with Crippen LogP contribution in [0.5, 0.6) is 0 Å². The summed E-state index contributed by atoms with van der Waals surface area (Å²) in [6.07, 6.45) is 0.768. The lowest BCUT2D eigenvalue weighted by Crippen LogP contribution is -2.46. The molecule has 2 amide bonds. The van der Waals surface area contributed by atoms with Gasteiger partial charge in [0.1, 0.15) is 35.0 Å². The van der Waals surface area contributed by atoms with Gasteiger partial charge in [0.2, 0.25) is 11.8 Å². The van der Waals surface area contributed by atoms with Crippen molar-refractivity contribution in [2.75, 3.05) is 11.1 Å². The van der Waals surface area contributed by atoms with Crippen LogP contribution in [0.25, 0.3) is 21.9 Å². The molecule has 0 radical (unpaired) electrons. The maximum absolute atomic E-state index is 13.7. The molecule has 10 nitrogen and oxygen atoms in total. The Labute approximate surface area is 221 Å². The highest BCUT2D eigenvalue weighted by Gasteiger charge is 2.64. The molecule has 3 aromatic heterocycles. The van der Waals surface area contributed by atoms with Crippen LogP contribution < -0.4 is 11.1 Å². The molecule has 1 aliphatic heterocycles. The van der Waals surface area contributed by atoms with Crippen molar-refractivity contribution in [3.63, 3.8) is 0 Å². The quantitative estimate of drug-likeness (QED) is 0.371. The predicted octanol–water partition coefficient (Wildman–Crippen LogP) is 3.76. The molecule has 1 aliphatic carbocycles. The fourth-order valence-corrected chi connectivity index (χ4v) is 5.77. The number of nitrogens with two attached hydrogens (primary N) is 1. The molecular weight excluding hydrogens is 569 g/mol. The number of carbonyl (C=O) groups excluding carboxylic acids is 2. The van der Waals surface area contributed by atoms with E-state index in [1.807, 2.05) is 6.92 Å². The minimum atomic E-state index is -4.56. The summed E-state index contributed by atoms with van der Waals surface area (Å²) in [5, 5.41) is 3.16. The summed E-state index contributed by atoms with van der Waals surface area (Å²) < 4.78 is 42.3. The van der Waals surface area contributed by atoms with Crippen LogP contribution in [-0.2, 0) is 22.3 Å². The van der Waals surface area contributed by atoms with Gasteiger partial charge < -0.3 is 20.5 Å². The second-order valence-corrected chi connectivity index (χ2v) is 10.7. The fourth-order valence-electron chi connectivity index (χ4n) is 5.46. The largest absolute Gasteiger partial charge is 0.416 e. The minimum Gasteiger partial charge on any atom is -0.383 e. The van der Waals surface area contributed by atoms with E-state index in [0.29, 0.717) is 16.5 Å². The molecule has 196 valence electrons. The second-order valence-electron chi connectivity index (χ2n) is 9.88. The third-order valence-corrected chi connectivity index (χ3v) is 7.75. The Kier molecular flexibility index (Phi) is 5.39. The first-order chi connectivity index (χ1) is 18.0.